The molecule has 2 aliphatic rings. The molecule has 1 aliphatic carbocycles. The predicted molar refractivity (Wildman–Crippen MR) is 49.4 cm³/mol. The average molecular weight is 190 g/mol. The van der Waals surface area contributed by atoms with Crippen LogP contribution in [0.5, 0.6) is 11.5 Å². The molecule has 0 saturated heterocycles. The summed E-state index contributed by atoms with van der Waals surface area (Å²) in [5.41, 5.74) is 1.13. The smallest absolute Gasteiger partial charge is 0.322 e. The van der Waals surface area contributed by atoms with Gasteiger partial charge in [-0.1, -0.05) is 6.07 Å². The summed E-state index contributed by atoms with van der Waals surface area (Å²) in [6, 6.07) is 3.40. The molecule has 0 bridgehead atoms. The van der Waals surface area contributed by atoms with Crippen LogP contribution in [0.1, 0.15) is 24.0 Å². The van der Waals surface area contributed by atoms with E-state index < -0.39 is 5.41 Å². The number of ether oxygens (including phenoxy) is 1. The topological polar surface area (TPSA) is 46.5 Å². The largest absolute Gasteiger partial charge is 0.507 e. The lowest BCUT2D eigenvalue weighted by atomic mass is 9.95. The number of hydrogen-bond donors (Lipinski definition) is 1. The lowest BCUT2D eigenvalue weighted by Crippen LogP contribution is -2.16. The molecule has 1 aromatic carbocycles. The molecule has 1 aromatic rings. The average Bonchev–Trinajstić information content (AvgIpc) is 2.86. The first-order valence-electron chi connectivity index (χ1n) is 4.70. The van der Waals surface area contributed by atoms with Gasteiger partial charge in [0.05, 0.1) is 5.56 Å². The Morgan fingerprint density at radius 1 is 1.43 bits per heavy atom. The van der Waals surface area contributed by atoms with Gasteiger partial charge in [0.1, 0.15) is 16.9 Å². The van der Waals surface area contributed by atoms with Crippen LogP contribution >= 0.6 is 0 Å². The summed E-state index contributed by atoms with van der Waals surface area (Å²) in [5, 5.41) is 9.72. The molecule has 0 unspecified atom stereocenters. The number of carbonyl (C=O) groups excluding carboxylic acids is 1. The van der Waals surface area contributed by atoms with Crippen molar-refractivity contribution in [3.8, 4) is 11.5 Å². The monoisotopic (exact) mass is 190 g/mol. The van der Waals surface area contributed by atoms with Crippen molar-refractivity contribution >= 4 is 5.97 Å². The normalized spacial score (nSPS) is 20.8. The maximum atomic E-state index is 11.6. The van der Waals surface area contributed by atoms with Crippen molar-refractivity contribution in [3.63, 3.8) is 0 Å². The van der Waals surface area contributed by atoms with Gasteiger partial charge in [-0.05, 0) is 31.4 Å². The first-order chi connectivity index (χ1) is 6.65. The van der Waals surface area contributed by atoms with E-state index in [2.05, 4.69) is 0 Å². The fourth-order valence-corrected chi connectivity index (χ4v) is 2.14. The Morgan fingerprint density at radius 3 is 2.79 bits per heavy atom. The molecule has 3 heteroatoms. The van der Waals surface area contributed by atoms with Crippen molar-refractivity contribution in [1.82, 2.24) is 0 Å². The van der Waals surface area contributed by atoms with E-state index in [1.165, 1.54) is 0 Å². The Morgan fingerprint density at radius 2 is 2.14 bits per heavy atom. The molecule has 1 spiro atoms. The number of fused-ring (bicyclic) bond motifs is 2. The van der Waals surface area contributed by atoms with Crippen molar-refractivity contribution < 1.29 is 14.6 Å². The Kier molecular flexibility index (Phi) is 1.18. The molecule has 1 fully saturated rings. The standard InChI is InChI=1S/C11H10O3/c1-6-2-3-7(12)8-9(6)14-10(13)11(8)4-5-11/h2-3,12H,4-5H2,1H3. The Balaban J connectivity index is 2.32. The fourth-order valence-electron chi connectivity index (χ4n) is 2.14. The van der Waals surface area contributed by atoms with Gasteiger partial charge in [0.25, 0.3) is 0 Å². The zero-order valence-corrected chi connectivity index (χ0v) is 7.83. The van der Waals surface area contributed by atoms with Crippen molar-refractivity contribution in [2.24, 2.45) is 0 Å². The van der Waals surface area contributed by atoms with Crippen LogP contribution in [0.15, 0.2) is 12.1 Å². The van der Waals surface area contributed by atoms with E-state index in [-0.39, 0.29) is 11.7 Å². The van der Waals surface area contributed by atoms with E-state index in [0.717, 1.165) is 18.4 Å². The number of hydrogen-bond acceptors (Lipinski definition) is 3. The summed E-state index contributed by atoms with van der Waals surface area (Å²) in [5.74, 6) is 0.568. The van der Waals surface area contributed by atoms with Crippen LogP contribution in [0, 0.1) is 6.92 Å². The van der Waals surface area contributed by atoms with Gasteiger partial charge in [-0.2, -0.15) is 0 Å². The van der Waals surface area contributed by atoms with Gasteiger partial charge in [0.15, 0.2) is 0 Å². The number of carbonyl (C=O) groups is 1. The zero-order chi connectivity index (χ0) is 9.92. The molecule has 0 atom stereocenters. The molecule has 14 heavy (non-hydrogen) atoms. The first kappa shape index (κ1) is 7.85. The minimum atomic E-state index is -0.495. The lowest BCUT2D eigenvalue weighted by Gasteiger charge is -2.05. The van der Waals surface area contributed by atoms with Gasteiger partial charge in [-0.3, -0.25) is 4.79 Å². The summed E-state index contributed by atoms with van der Waals surface area (Å²) < 4.78 is 5.20. The van der Waals surface area contributed by atoms with Crippen LogP contribution in [0.4, 0.5) is 0 Å². The first-order valence-corrected chi connectivity index (χ1v) is 4.70. The molecule has 1 heterocycles. The molecule has 1 saturated carbocycles. The van der Waals surface area contributed by atoms with Crippen LogP contribution in [0.25, 0.3) is 0 Å². The second-order valence-electron chi connectivity index (χ2n) is 4.08. The third-order valence-electron chi connectivity index (χ3n) is 3.15. The van der Waals surface area contributed by atoms with E-state index in [9.17, 15) is 9.90 Å². The van der Waals surface area contributed by atoms with Gasteiger partial charge in [0.2, 0.25) is 0 Å². The molecule has 0 radical (unpaired) electrons. The van der Waals surface area contributed by atoms with E-state index in [4.69, 9.17) is 4.74 Å². The molecular weight excluding hydrogens is 180 g/mol. The van der Waals surface area contributed by atoms with E-state index >= 15 is 0 Å². The van der Waals surface area contributed by atoms with Crippen molar-refractivity contribution in [2.45, 2.75) is 25.2 Å². The number of phenols is 1. The van der Waals surface area contributed by atoms with E-state index in [1.54, 1.807) is 12.1 Å². The van der Waals surface area contributed by atoms with Gasteiger partial charge in [0, 0.05) is 0 Å². The molecule has 72 valence electrons. The van der Waals surface area contributed by atoms with Crippen LogP contribution in [-0.4, -0.2) is 11.1 Å². The second kappa shape index (κ2) is 2.11. The zero-order valence-electron chi connectivity index (χ0n) is 7.83. The molecular formula is C11H10O3. The summed E-state index contributed by atoms with van der Waals surface area (Å²) in [7, 11) is 0. The van der Waals surface area contributed by atoms with E-state index in [0.29, 0.717) is 11.3 Å². The second-order valence-corrected chi connectivity index (χ2v) is 4.08. The number of phenolic OH excluding ortho intramolecular Hbond substituents is 1. The van der Waals surface area contributed by atoms with Crippen molar-refractivity contribution in [1.29, 1.82) is 0 Å². The molecule has 3 rings (SSSR count). The minimum absolute atomic E-state index is 0.189. The van der Waals surface area contributed by atoms with Gasteiger partial charge in [-0.25, -0.2) is 0 Å². The van der Waals surface area contributed by atoms with Crippen LogP contribution < -0.4 is 4.74 Å². The predicted octanol–water partition coefficient (Wildman–Crippen LogP) is 1.65. The van der Waals surface area contributed by atoms with Gasteiger partial charge < -0.3 is 9.84 Å². The number of rotatable bonds is 0. The van der Waals surface area contributed by atoms with Gasteiger partial charge >= 0.3 is 5.97 Å². The van der Waals surface area contributed by atoms with Crippen molar-refractivity contribution in [2.75, 3.05) is 0 Å². The van der Waals surface area contributed by atoms with Crippen LogP contribution in [0.3, 0.4) is 0 Å². The highest BCUT2D eigenvalue weighted by molar-refractivity contribution is 5.95. The number of benzene rings is 1. The summed E-state index contributed by atoms with van der Waals surface area (Å²) >= 11 is 0. The summed E-state index contributed by atoms with van der Waals surface area (Å²) in [6.07, 6.45) is 1.60. The molecule has 1 N–H and O–H groups in total. The molecule has 3 nitrogen and oxygen atoms in total. The maximum absolute atomic E-state index is 11.6. The minimum Gasteiger partial charge on any atom is -0.507 e. The third kappa shape index (κ3) is 0.710. The molecule has 0 amide bonds. The summed E-state index contributed by atoms with van der Waals surface area (Å²) in [4.78, 5) is 11.6. The third-order valence-corrected chi connectivity index (χ3v) is 3.15. The fraction of sp³-hybridized carbons (Fsp3) is 0.364. The lowest BCUT2D eigenvalue weighted by molar-refractivity contribution is -0.135. The number of aromatic hydroxyl groups is 1. The van der Waals surface area contributed by atoms with E-state index in [1.807, 2.05) is 6.92 Å². The molecule has 0 aromatic heterocycles. The van der Waals surface area contributed by atoms with Gasteiger partial charge in [-0.15, -0.1) is 0 Å². The highest BCUT2D eigenvalue weighted by Crippen LogP contribution is 2.59. The SMILES string of the molecule is Cc1ccc(O)c2c1OC(=O)C21CC1. The highest BCUT2D eigenvalue weighted by Gasteiger charge is 2.60. The van der Waals surface area contributed by atoms with Crippen molar-refractivity contribution in [3.05, 3.63) is 23.3 Å². The Bertz CT molecular complexity index is 444. The maximum Gasteiger partial charge on any atom is 0.322 e. The van der Waals surface area contributed by atoms with Crippen LogP contribution in [0.2, 0.25) is 0 Å². The number of esters is 1. The van der Waals surface area contributed by atoms with Crippen LogP contribution in [-0.2, 0) is 10.2 Å². The summed E-state index contributed by atoms with van der Waals surface area (Å²) in [6.45, 7) is 1.88. The molecule has 1 aliphatic heterocycles. The Hall–Kier alpha value is -1.51. The Labute approximate surface area is 81.3 Å². The quantitative estimate of drug-likeness (QED) is 0.499. The number of aryl methyl sites for hydroxylation is 1. The highest BCUT2D eigenvalue weighted by atomic mass is 16.5.